The Balaban J connectivity index is 1.71. The zero-order valence-corrected chi connectivity index (χ0v) is 17.1. The molecule has 0 radical (unpaired) electrons. The first-order valence-electron chi connectivity index (χ1n) is 8.54. The maximum absolute atomic E-state index is 13.1. The fraction of sp³-hybridized carbons (Fsp3) is 0. The normalized spacial score (nSPS) is 15.7. The van der Waals surface area contributed by atoms with E-state index in [1.165, 1.54) is 11.0 Å². The number of hydrogen-bond donors (Lipinski definition) is 1. The summed E-state index contributed by atoms with van der Waals surface area (Å²) in [5.41, 5.74) is 1.91. The highest BCUT2D eigenvalue weighted by Crippen LogP contribution is 2.34. The highest BCUT2D eigenvalue weighted by molar-refractivity contribution is 7.80. The minimum atomic E-state index is -0.574. The monoisotopic (exact) mass is 441 g/mol. The largest absolute Gasteiger partial charge is 0.323 e. The van der Waals surface area contributed by atoms with Crippen molar-refractivity contribution in [2.45, 2.75) is 0 Å². The molecule has 1 fully saturated rings. The SMILES string of the molecule is O=C1NC(=S)N(c2cccc(Cl)c2Cl)C(=O)/C1=C\c1ccn(-c2ccccc2)c1. The van der Waals surface area contributed by atoms with Crippen LogP contribution in [0.2, 0.25) is 10.0 Å². The van der Waals surface area contributed by atoms with Crippen LogP contribution in [-0.2, 0) is 9.59 Å². The lowest BCUT2D eigenvalue weighted by Crippen LogP contribution is -2.54. The van der Waals surface area contributed by atoms with E-state index in [4.69, 9.17) is 35.4 Å². The van der Waals surface area contributed by atoms with Gasteiger partial charge in [0.05, 0.1) is 15.7 Å². The van der Waals surface area contributed by atoms with Crippen LogP contribution in [0.5, 0.6) is 0 Å². The first-order valence-corrected chi connectivity index (χ1v) is 9.71. The van der Waals surface area contributed by atoms with Crippen molar-refractivity contribution in [1.82, 2.24) is 9.88 Å². The van der Waals surface area contributed by atoms with E-state index in [-0.39, 0.29) is 20.7 Å². The number of hydrogen-bond acceptors (Lipinski definition) is 3. The Labute approximate surface area is 182 Å². The topological polar surface area (TPSA) is 54.3 Å². The summed E-state index contributed by atoms with van der Waals surface area (Å²) in [5.74, 6) is -1.14. The molecule has 1 aliphatic heterocycles. The molecule has 0 atom stereocenters. The van der Waals surface area contributed by atoms with Crippen LogP contribution in [0.15, 0.2) is 72.6 Å². The molecule has 144 valence electrons. The van der Waals surface area contributed by atoms with Crippen molar-refractivity contribution < 1.29 is 9.59 Å². The summed E-state index contributed by atoms with van der Waals surface area (Å²) in [6.07, 6.45) is 5.19. The van der Waals surface area contributed by atoms with Gasteiger partial charge in [-0.05, 0) is 54.2 Å². The molecular formula is C21H13Cl2N3O2S. The summed E-state index contributed by atoms with van der Waals surface area (Å²) in [6.45, 7) is 0. The Hall–Kier alpha value is -2.93. The smallest absolute Gasteiger partial charge is 0.270 e. The van der Waals surface area contributed by atoms with E-state index < -0.39 is 11.8 Å². The average molecular weight is 442 g/mol. The van der Waals surface area contributed by atoms with Crippen molar-refractivity contribution in [2.75, 3.05) is 4.90 Å². The quantitative estimate of drug-likeness (QED) is 0.366. The van der Waals surface area contributed by atoms with Crippen LogP contribution in [0.3, 0.4) is 0 Å². The van der Waals surface area contributed by atoms with Gasteiger partial charge in [-0.15, -0.1) is 0 Å². The predicted molar refractivity (Wildman–Crippen MR) is 118 cm³/mol. The third-order valence-corrected chi connectivity index (χ3v) is 5.45. The van der Waals surface area contributed by atoms with Gasteiger partial charge < -0.3 is 4.57 Å². The van der Waals surface area contributed by atoms with Gasteiger partial charge in [-0.25, -0.2) is 0 Å². The summed E-state index contributed by atoms with van der Waals surface area (Å²) < 4.78 is 1.90. The van der Waals surface area contributed by atoms with E-state index in [0.717, 1.165) is 5.69 Å². The number of thiocarbonyl (C=S) groups is 1. The van der Waals surface area contributed by atoms with Gasteiger partial charge in [0.25, 0.3) is 11.8 Å². The van der Waals surface area contributed by atoms with E-state index in [2.05, 4.69) is 5.32 Å². The number of nitrogens with one attached hydrogen (secondary N) is 1. The third-order valence-electron chi connectivity index (χ3n) is 4.35. The predicted octanol–water partition coefficient (Wildman–Crippen LogP) is 4.62. The Kier molecular flexibility index (Phi) is 5.24. The number of carbonyl (C=O) groups excluding carboxylic acids is 2. The lowest BCUT2D eigenvalue weighted by molar-refractivity contribution is -0.122. The number of nitrogens with zero attached hydrogens (tertiary/aromatic N) is 2. The van der Waals surface area contributed by atoms with Crippen molar-refractivity contribution in [3.05, 3.63) is 88.2 Å². The number of amides is 2. The van der Waals surface area contributed by atoms with Crippen LogP contribution >= 0.6 is 35.4 Å². The number of halogens is 2. The molecule has 2 aromatic carbocycles. The second kappa shape index (κ2) is 7.83. The van der Waals surface area contributed by atoms with Crippen LogP contribution in [0.4, 0.5) is 5.69 Å². The number of aromatic nitrogens is 1. The number of benzene rings is 2. The molecule has 0 spiro atoms. The maximum atomic E-state index is 13.1. The van der Waals surface area contributed by atoms with Gasteiger partial charge in [-0.2, -0.15) is 0 Å². The summed E-state index contributed by atoms with van der Waals surface area (Å²) in [5, 5.41) is 2.94. The number of rotatable bonds is 3. The summed E-state index contributed by atoms with van der Waals surface area (Å²) in [4.78, 5) is 26.7. The summed E-state index contributed by atoms with van der Waals surface area (Å²) in [6, 6.07) is 16.4. The van der Waals surface area contributed by atoms with Gasteiger partial charge in [-0.3, -0.25) is 19.8 Å². The summed E-state index contributed by atoms with van der Waals surface area (Å²) in [7, 11) is 0. The first-order chi connectivity index (χ1) is 14.0. The van der Waals surface area contributed by atoms with Crippen molar-refractivity contribution in [2.24, 2.45) is 0 Å². The van der Waals surface area contributed by atoms with Crippen LogP contribution < -0.4 is 10.2 Å². The minimum Gasteiger partial charge on any atom is -0.323 e. The van der Waals surface area contributed by atoms with Crippen LogP contribution in [0.25, 0.3) is 11.8 Å². The molecule has 0 unspecified atom stereocenters. The zero-order valence-electron chi connectivity index (χ0n) is 14.8. The molecule has 29 heavy (non-hydrogen) atoms. The van der Waals surface area contributed by atoms with Crippen molar-refractivity contribution in [1.29, 1.82) is 0 Å². The number of carbonyl (C=O) groups is 2. The van der Waals surface area contributed by atoms with E-state index >= 15 is 0 Å². The highest BCUT2D eigenvalue weighted by atomic mass is 35.5. The lowest BCUT2D eigenvalue weighted by Gasteiger charge is -2.29. The Morgan fingerprint density at radius 2 is 1.72 bits per heavy atom. The van der Waals surface area contributed by atoms with E-state index in [1.54, 1.807) is 18.2 Å². The average Bonchev–Trinajstić information content (AvgIpc) is 3.18. The van der Waals surface area contributed by atoms with E-state index in [9.17, 15) is 9.59 Å². The van der Waals surface area contributed by atoms with E-state index in [0.29, 0.717) is 11.3 Å². The molecule has 8 heteroatoms. The number of para-hydroxylation sites is 1. The van der Waals surface area contributed by atoms with Crippen LogP contribution in [0, 0.1) is 0 Å². The second-order valence-corrected chi connectivity index (χ2v) is 7.39. The molecule has 5 nitrogen and oxygen atoms in total. The minimum absolute atomic E-state index is 0.0526. The first kappa shape index (κ1) is 19.4. The highest BCUT2D eigenvalue weighted by Gasteiger charge is 2.35. The molecule has 1 aliphatic rings. The van der Waals surface area contributed by atoms with Gasteiger partial charge in [0.1, 0.15) is 5.57 Å². The van der Waals surface area contributed by atoms with Gasteiger partial charge in [-0.1, -0.05) is 47.5 Å². The van der Waals surface area contributed by atoms with Gasteiger partial charge in [0, 0.05) is 18.1 Å². The van der Waals surface area contributed by atoms with Gasteiger partial charge in [0.2, 0.25) is 0 Å². The summed E-state index contributed by atoms with van der Waals surface area (Å²) >= 11 is 17.5. The Bertz CT molecular complexity index is 1170. The molecule has 0 aliphatic carbocycles. The Morgan fingerprint density at radius 3 is 2.48 bits per heavy atom. The molecule has 3 aromatic rings. The van der Waals surface area contributed by atoms with Crippen molar-refractivity contribution in [3.8, 4) is 5.69 Å². The van der Waals surface area contributed by atoms with Gasteiger partial charge in [0.15, 0.2) is 5.11 Å². The Morgan fingerprint density at radius 1 is 0.966 bits per heavy atom. The fourth-order valence-corrected chi connectivity index (χ4v) is 3.62. The maximum Gasteiger partial charge on any atom is 0.270 e. The third kappa shape index (κ3) is 3.70. The molecule has 1 saturated heterocycles. The molecular weight excluding hydrogens is 429 g/mol. The van der Waals surface area contributed by atoms with Crippen LogP contribution in [-0.4, -0.2) is 21.5 Å². The number of anilines is 1. The van der Waals surface area contributed by atoms with Crippen molar-refractivity contribution in [3.63, 3.8) is 0 Å². The molecule has 1 N–H and O–H groups in total. The standard InChI is InChI=1S/C21H13Cl2N3O2S/c22-16-7-4-8-17(18(16)23)26-20(28)15(19(27)24-21(26)29)11-13-9-10-25(12-13)14-5-2-1-3-6-14/h1-12H,(H,24,27,29)/b15-11-. The fourth-order valence-electron chi connectivity index (χ4n) is 2.97. The molecule has 0 bridgehead atoms. The molecule has 0 saturated carbocycles. The van der Waals surface area contributed by atoms with Crippen LogP contribution in [0.1, 0.15) is 5.56 Å². The lowest BCUT2D eigenvalue weighted by atomic mass is 10.1. The van der Waals surface area contributed by atoms with E-state index in [1.807, 2.05) is 53.4 Å². The molecule has 1 aromatic heterocycles. The molecule has 2 amide bonds. The molecule has 2 heterocycles. The van der Waals surface area contributed by atoms with Gasteiger partial charge >= 0.3 is 0 Å². The second-order valence-electron chi connectivity index (χ2n) is 6.22. The zero-order chi connectivity index (χ0) is 20.5. The van der Waals surface area contributed by atoms with Crippen molar-refractivity contribution >= 4 is 64.1 Å². The molecule has 4 rings (SSSR count).